The van der Waals surface area contributed by atoms with Crippen LogP contribution in [0.3, 0.4) is 0 Å². The third-order valence-electron chi connectivity index (χ3n) is 6.31. The van der Waals surface area contributed by atoms with E-state index in [2.05, 4.69) is 29.0 Å². The molecule has 0 aromatic heterocycles. The fourth-order valence-electron chi connectivity index (χ4n) is 4.72. The Bertz CT molecular complexity index is 881. The Hall–Kier alpha value is -1.99. The zero-order valence-electron chi connectivity index (χ0n) is 18.8. The second kappa shape index (κ2) is 11.4. The molecule has 2 atom stereocenters. The van der Waals surface area contributed by atoms with Crippen molar-refractivity contribution in [1.29, 1.82) is 0 Å². The number of ether oxygens (including phenoxy) is 2. The van der Waals surface area contributed by atoms with Crippen molar-refractivity contribution in [1.82, 2.24) is 0 Å². The molecule has 0 saturated carbocycles. The summed E-state index contributed by atoms with van der Waals surface area (Å²) in [5.74, 6) is 0.325. The molecule has 0 N–H and O–H groups in total. The Morgan fingerprint density at radius 1 is 0.667 bits per heavy atom. The zero-order chi connectivity index (χ0) is 23.9. The van der Waals surface area contributed by atoms with E-state index in [9.17, 15) is 22.0 Å². The summed E-state index contributed by atoms with van der Waals surface area (Å²) in [5, 5.41) is 0. The molecule has 182 valence electrons. The standard InChI is InChI=1S/C26H31F5O2/c1-2-25(27,28)32-17-9-7-15-23-21-13-5-3-11-19(21)20-12-4-6-14-22(20)24(23)16-8-10-18-33-26(29,30)31/h3-6,11-14,23-24H,2,7-10,15-18H2,1H3. The van der Waals surface area contributed by atoms with Gasteiger partial charge in [0.2, 0.25) is 0 Å². The van der Waals surface area contributed by atoms with Crippen molar-refractivity contribution in [2.24, 2.45) is 0 Å². The maximum atomic E-state index is 13.3. The van der Waals surface area contributed by atoms with Crippen molar-refractivity contribution in [3.05, 3.63) is 59.7 Å². The molecule has 0 fully saturated rings. The molecule has 7 heteroatoms. The second-order valence-corrected chi connectivity index (χ2v) is 8.51. The molecule has 33 heavy (non-hydrogen) atoms. The maximum Gasteiger partial charge on any atom is 0.522 e. The Morgan fingerprint density at radius 3 is 1.58 bits per heavy atom. The van der Waals surface area contributed by atoms with Crippen LogP contribution in [0.15, 0.2) is 48.5 Å². The molecule has 1 aliphatic carbocycles. The molecule has 2 unspecified atom stereocenters. The van der Waals surface area contributed by atoms with Gasteiger partial charge in [-0.1, -0.05) is 68.3 Å². The number of benzene rings is 2. The number of unbranched alkanes of at least 4 members (excludes halogenated alkanes) is 2. The number of fused-ring (bicyclic) bond motifs is 3. The van der Waals surface area contributed by atoms with Crippen LogP contribution in [-0.4, -0.2) is 25.7 Å². The van der Waals surface area contributed by atoms with E-state index < -0.39 is 12.5 Å². The van der Waals surface area contributed by atoms with Crippen LogP contribution >= 0.6 is 0 Å². The lowest BCUT2D eigenvalue weighted by atomic mass is 9.68. The molecular weight excluding hydrogens is 439 g/mol. The van der Waals surface area contributed by atoms with Gasteiger partial charge in [-0.15, -0.1) is 13.2 Å². The van der Waals surface area contributed by atoms with Gasteiger partial charge in [0.25, 0.3) is 0 Å². The molecule has 0 spiro atoms. The fourth-order valence-corrected chi connectivity index (χ4v) is 4.72. The van der Waals surface area contributed by atoms with Gasteiger partial charge < -0.3 is 4.74 Å². The highest BCUT2D eigenvalue weighted by Gasteiger charge is 2.33. The fraction of sp³-hybridized carbons (Fsp3) is 0.538. The lowest BCUT2D eigenvalue weighted by molar-refractivity contribution is -0.324. The summed E-state index contributed by atoms with van der Waals surface area (Å²) in [6.07, 6.45) is -4.30. The first-order valence-corrected chi connectivity index (χ1v) is 11.6. The molecule has 0 amide bonds. The van der Waals surface area contributed by atoms with Gasteiger partial charge in [0, 0.05) is 6.42 Å². The topological polar surface area (TPSA) is 18.5 Å². The van der Waals surface area contributed by atoms with Gasteiger partial charge in [-0.05, 0) is 59.8 Å². The molecular formula is C26H31F5O2. The van der Waals surface area contributed by atoms with Gasteiger partial charge in [0.15, 0.2) is 0 Å². The minimum atomic E-state index is -4.60. The summed E-state index contributed by atoms with van der Waals surface area (Å²) in [4.78, 5) is 0. The van der Waals surface area contributed by atoms with E-state index in [4.69, 9.17) is 4.74 Å². The van der Waals surface area contributed by atoms with Gasteiger partial charge >= 0.3 is 12.5 Å². The van der Waals surface area contributed by atoms with Crippen LogP contribution in [0, 0.1) is 0 Å². The van der Waals surface area contributed by atoms with Crippen LogP contribution in [0.1, 0.15) is 74.8 Å². The van der Waals surface area contributed by atoms with E-state index in [1.165, 1.54) is 23.6 Å². The van der Waals surface area contributed by atoms with Crippen LogP contribution in [0.4, 0.5) is 22.0 Å². The van der Waals surface area contributed by atoms with Crippen molar-refractivity contribution in [2.45, 2.75) is 76.2 Å². The summed E-state index contributed by atoms with van der Waals surface area (Å²) in [6.45, 7) is 1.05. The van der Waals surface area contributed by atoms with Gasteiger partial charge in [-0.2, -0.15) is 8.78 Å². The lowest BCUT2D eigenvalue weighted by Gasteiger charge is -2.36. The Kier molecular flexibility index (Phi) is 8.88. The highest BCUT2D eigenvalue weighted by molar-refractivity contribution is 5.75. The smallest absolute Gasteiger partial charge is 0.321 e. The van der Waals surface area contributed by atoms with E-state index in [1.807, 2.05) is 24.3 Å². The highest BCUT2D eigenvalue weighted by atomic mass is 19.4. The van der Waals surface area contributed by atoms with Gasteiger partial charge in [0.05, 0.1) is 13.2 Å². The largest absolute Gasteiger partial charge is 0.522 e. The van der Waals surface area contributed by atoms with Crippen LogP contribution in [0.2, 0.25) is 0 Å². The predicted octanol–water partition coefficient (Wildman–Crippen LogP) is 8.43. The maximum absolute atomic E-state index is 13.3. The van der Waals surface area contributed by atoms with Crippen LogP contribution < -0.4 is 0 Å². The first kappa shape index (κ1) is 25.6. The molecule has 0 saturated heterocycles. The summed E-state index contributed by atoms with van der Waals surface area (Å²) >= 11 is 0. The molecule has 0 aliphatic heterocycles. The predicted molar refractivity (Wildman–Crippen MR) is 118 cm³/mol. The summed E-state index contributed by atoms with van der Waals surface area (Å²) in [7, 11) is 0. The second-order valence-electron chi connectivity index (χ2n) is 8.51. The minimum Gasteiger partial charge on any atom is -0.321 e. The summed E-state index contributed by atoms with van der Waals surface area (Å²) in [5.41, 5.74) is 4.74. The minimum absolute atomic E-state index is 0.00520. The van der Waals surface area contributed by atoms with E-state index >= 15 is 0 Å². The molecule has 2 nitrogen and oxygen atoms in total. The molecule has 0 heterocycles. The van der Waals surface area contributed by atoms with Gasteiger partial charge in [0.1, 0.15) is 0 Å². The SMILES string of the molecule is CCC(F)(F)OCCCCC1c2ccccc2-c2ccccc2C1CCCCOC(F)(F)F. The monoisotopic (exact) mass is 470 g/mol. The number of alkyl halides is 5. The van der Waals surface area contributed by atoms with E-state index in [-0.39, 0.29) is 31.5 Å². The van der Waals surface area contributed by atoms with Gasteiger partial charge in [-0.25, -0.2) is 0 Å². The first-order valence-electron chi connectivity index (χ1n) is 11.6. The summed E-state index contributed by atoms with van der Waals surface area (Å²) in [6, 6.07) is 16.4. The first-order chi connectivity index (χ1) is 15.7. The number of hydrogen-bond donors (Lipinski definition) is 0. The quantitative estimate of drug-likeness (QED) is 0.229. The Balaban J connectivity index is 1.70. The molecule has 2 aromatic carbocycles. The average molecular weight is 471 g/mol. The lowest BCUT2D eigenvalue weighted by Crippen LogP contribution is -2.21. The van der Waals surface area contributed by atoms with Crippen molar-refractivity contribution < 1.29 is 31.4 Å². The van der Waals surface area contributed by atoms with Gasteiger partial charge in [-0.3, -0.25) is 4.74 Å². The van der Waals surface area contributed by atoms with Crippen molar-refractivity contribution >= 4 is 0 Å². The normalized spacial score (nSPS) is 18.1. The van der Waals surface area contributed by atoms with E-state index in [1.54, 1.807) is 0 Å². The van der Waals surface area contributed by atoms with E-state index in [0.29, 0.717) is 19.3 Å². The zero-order valence-corrected chi connectivity index (χ0v) is 18.8. The molecule has 0 radical (unpaired) electrons. The Labute approximate surface area is 192 Å². The molecule has 2 aromatic rings. The van der Waals surface area contributed by atoms with Crippen LogP contribution in [0.25, 0.3) is 11.1 Å². The number of hydrogen-bond acceptors (Lipinski definition) is 2. The third kappa shape index (κ3) is 7.24. The van der Waals surface area contributed by atoms with E-state index in [0.717, 1.165) is 24.8 Å². The number of rotatable bonds is 12. The van der Waals surface area contributed by atoms with Crippen molar-refractivity contribution in [2.75, 3.05) is 13.2 Å². The average Bonchev–Trinajstić information content (AvgIpc) is 2.79. The molecule has 3 rings (SSSR count). The molecule has 0 bridgehead atoms. The number of halogens is 5. The third-order valence-corrected chi connectivity index (χ3v) is 6.31. The van der Waals surface area contributed by atoms with Crippen LogP contribution in [-0.2, 0) is 9.47 Å². The molecule has 1 aliphatic rings. The van der Waals surface area contributed by atoms with Crippen molar-refractivity contribution in [3.8, 4) is 11.1 Å². The summed E-state index contributed by atoms with van der Waals surface area (Å²) < 4.78 is 72.1. The van der Waals surface area contributed by atoms with Crippen molar-refractivity contribution in [3.63, 3.8) is 0 Å². The highest BCUT2D eigenvalue weighted by Crippen LogP contribution is 2.50. The Morgan fingerprint density at radius 2 is 1.12 bits per heavy atom. The van der Waals surface area contributed by atoms with Crippen LogP contribution in [0.5, 0.6) is 0 Å².